The van der Waals surface area contributed by atoms with E-state index in [1.807, 2.05) is 6.07 Å². The van der Waals surface area contributed by atoms with Gasteiger partial charge in [0.1, 0.15) is 6.17 Å². The second-order valence-electron chi connectivity index (χ2n) is 6.51. The normalized spacial score (nSPS) is 18.4. The summed E-state index contributed by atoms with van der Waals surface area (Å²) in [5.74, 6) is 2.21. The minimum Gasteiger partial charge on any atom is -0.492 e. The third-order valence-corrected chi connectivity index (χ3v) is 6.60. The topological polar surface area (TPSA) is 55.9 Å². The average molecular weight is 402 g/mol. The Morgan fingerprint density at radius 1 is 1.33 bits per heavy atom. The van der Waals surface area contributed by atoms with Crippen LogP contribution in [0.3, 0.4) is 0 Å². The quantitative estimate of drug-likeness (QED) is 0.707. The van der Waals surface area contributed by atoms with Crippen molar-refractivity contribution in [2.24, 2.45) is 0 Å². The van der Waals surface area contributed by atoms with Gasteiger partial charge in [-0.15, -0.1) is 22.7 Å². The first kappa shape index (κ1) is 16.9. The molecule has 3 aromatic rings. The Balaban J connectivity index is 1.52. The summed E-state index contributed by atoms with van der Waals surface area (Å²) in [5.41, 5.74) is 3.33. The molecule has 0 unspecified atom stereocenters. The molecule has 0 amide bonds. The van der Waals surface area contributed by atoms with Gasteiger partial charge in [-0.2, -0.15) is 0 Å². The number of ether oxygens (including phenoxy) is 3. The number of thiazole rings is 1. The zero-order chi connectivity index (χ0) is 18.4. The molecule has 2 aliphatic rings. The SMILES string of the molecule is COc1c2c(cc3c1[C@H](Nc1nc(-c4cccs4)cs1)N(C)CC3)OCO2. The van der Waals surface area contributed by atoms with Crippen LogP contribution in [0.5, 0.6) is 17.2 Å². The van der Waals surface area contributed by atoms with E-state index < -0.39 is 0 Å². The number of nitrogens with zero attached hydrogens (tertiary/aromatic N) is 2. The summed E-state index contributed by atoms with van der Waals surface area (Å²) in [6.45, 7) is 1.18. The summed E-state index contributed by atoms with van der Waals surface area (Å²) in [4.78, 5) is 8.23. The molecule has 1 atom stereocenters. The van der Waals surface area contributed by atoms with Crippen molar-refractivity contribution < 1.29 is 14.2 Å². The minimum absolute atomic E-state index is 0.0412. The summed E-state index contributed by atoms with van der Waals surface area (Å²) in [6.07, 6.45) is 0.899. The molecule has 0 fully saturated rings. The van der Waals surface area contributed by atoms with Gasteiger partial charge in [0.2, 0.25) is 12.5 Å². The van der Waals surface area contributed by atoms with Crippen LogP contribution in [-0.4, -0.2) is 37.4 Å². The number of nitrogens with one attached hydrogen (secondary N) is 1. The zero-order valence-corrected chi connectivity index (χ0v) is 16.7. The Morgan fingerprint density at radius 2 is 2.26 bits per heavy atom. The predicted molar refractivity (Wildman–Crippen MR) is 107 cm³/mol. The van der Waals surface area contributed by atoms with E-state index in [2.05, 4.69) is 40.2 Å². The van der Waals surface area contributed by atoms with Crippen molar-refractivity contribution in [2.45, 2.75) is 12.6 Å². The molecule has 0 spiro atoms. The van der Waals surface area contributed by atoms with Crippen LogP contribution in [0.4, 0.5) is 5.13 Å². The number of aromatic nitrogens is 1. The van der Waals surface area contributed by atoms with Gasteiger partial charge in [-0.05, 0) is 36.5 Å². The number of thiophene rings is 1. The van der Waals surface area contributed by atoms with E-state index in [0.29, 0.717) is 5.75 Å². The fraction of sp³-hybridized carbons (Fsp3) is 0.316. The number of rotatable bonds is 4. The van der Waals surface area contributed by atoms with Crippen LogP contribution in [0.15, 0.2) is 29.0 Å². The van der Waals surface area contributed by atoms with E-state index >= 15 is 0 Å². The van der Waals surface area contributed by atoms with Crippen LogP contribution in [0.25, 0.3) is 10.6 Å². The van der Waals surface area contributed by atoms with Crippen LogP contribution < -0.4 is 19.5 Å². The largest absolute Gasteiger partial charge is 0.492 e. The average Bonchev–Trinajstić information content (AvgIpc) is 3.43. The molecule has 5 rings (SSSR count). The Labute approximate surface area is 165 Å². The Bertz CT molecular complexity index is 971. The first-order chi connectivity index (χ1) is 13.2. The number of methoxy groups -OCH3 is 1. The molecule has 8 heteroatoms. The Kier molecular flexibility index (Phi) is 4.18. The van der Waals surface area contributed by atoms with Crippen molar-refractivity contribution in [1.29, 1.82) is 0 Å². The van der Waals surface area contributed by atoms with E-state index in [4.69, 9.17) is 19.2 Å². The maximum Gasteiger partial charge on any atom is 0.231 e. The lowest BCUT2D eigenvalue weighted by molar-refractivity contribution is 0.170. The smallest absolute Gasteiger partial charge is 0.231 e. The fourth-order valence-corrected chi connectivity index (χ4v) is 5.10. The molecule has 140 valence electrons. The van der Waals surface area contributed by atoms with Gasteiger partial charge in [0.15, 0.2) is 16.6 Å². The molecule has 0 radical (unpaired) electrons. The van der Waals surface area contributed by atoms with Crippen LogP contribution in [-0.2, 0) is 6.42 Å². The van der Waals surface area contributed by atoms with E-state index in [1.54, 1.807) is 29.8 Å². The van der Waals surface area contributed by atoms with Gasteiger partial charge in [-0.3, -0.25) is 4.90 Å². The van der Waals surface area contributed by atoms with Crippen LogP contribution >= 0.6 is 22.7 Å². The third kappa shape index (κ3) is 2.84. The first-order valence-corrected chi connectivity index (χ1v) is 10.5. The molecule has 0 saturated heterocycles. The highest BCUT2D eigenvalue weighted by molar-refractivity contribution is 7.15. The highest BCUT2D eigenvalue weighted by Crippen LogP contribution is 2.49. The van der Waals surface area contributed by atoms with Gasteiger partial charge in [0.25, 0.3) is 0 Å². The van der Waals surface area contributed by atoms with Gasteiger partial charge < -0.3 is 19.5 Å². The monoisotopic (exact) mass is 401 g/mol. The lowest BCUT2D eigenvalue weighted by Crippen LogP contribution is -2.37. The van der Waals surface area contributed by atoms with Gasteiger partial charge in [0.05, 0.1) is 17.7 Å². The lowest BCUT2D eigenvalue weighted by Gasteiger charge is -2.36. The summed E-state index contributed by atoms with van der Waals surface area (Å²) in [7, 11) is 3.79. The minimum atomic E-state index is -0.0412. The zero-order valence-electron chi connectivity index (χ0n) is 15.0. The molecule has 0 bridgehead atoms. The highest BCUT2D eigenvalue weighted by atomic mass is 32.1. The van der Waals surface area contributed by atoms with Crippen LogP contribution in [0, 0.1) is 0 Å². The number of hydrogen-bond donors (Lipinski definition) is 1. The third-order valence-electron chi connectivity index (χ3n) is 4.93. The number of fused-ring (bicyclic) bond motifs is 2. The number of benzene rings is 1. The molecule has 4 heterocycles. The van der Waals surface area contributed by atoms with Crippen molar-refractivity contribution in [3.05, 3.63) is 40.1 Å². The van der Waals surface area contributed by atoms with Crippen molar-refractivity contribution in [3.8, 4) is 27.8 Å². The second kappa shape index (κ2) is 6.70. The van der Waals surface area contributed by atoms with Gasteiger partial charge in [-0.1, -0.05) is 6.07 Å². The molecule has 1 aromatic carbocycles. The van der Waals surface area contributed by atoms with E-state index in [0.717, 1.165) is 40.9 Å². The van der Waals surface area contributed by atoms with Crippen molar-refractivity contribution >= 4 is 27.8 Å². The summed E-state index contributed by atoms with van der Waals surface area (Å²) < 4.78 is 17.0. The Hall–Kier alpha value is -2.29. The molecule has 2 aromatic heterocycles. The Morgan fingerprint density at radius 3 is 3.07 bits per heavy atom. The standard InChI is InChI=1S/C19H19N3O3S2/c1-22-6-5-11-8-13-16(25-10-24-13)17(23-2)15(11)18(22)21-19-20-12(9-27-19)14-4-3-7-26-14/h3-4,7-9,18H,5-6,10H2,1-2H3,(H,20,21)/t18-/m1/s1. The summed E-state index contributed by atoms with van der Waals surface area (Å²) in [5, 5.41) is 8.65. The summed E-state index contributed by atoms with van der Waals surface area (Å²) >= 11 is 3.32. The van der Waals surface area contributed by atoms with E-state index in [-0.39, 0.29) is 13.0 Å². The highest BCUT2D eigenvalue weighted by Gasteiger charge is 2.34. The lowest BCUT2D eigenvalue weighted by atomic mass is 9.95. The van der Waals surface area contributed by atoms with E-state index in [1.165, 1.54) is 10.4 Å². The second-order valence-corrected chi connectivity index (χ2v) is 8.31. The molecular weight excluding hydrogens is 382 g/mol. The maximum absolute atomic E-state index is 5.75. The van der Waals surface area contributed by atoms with Crippen LogP contribution in [0.1, 0.15) is 17.3 Å². The van der Waals surface area contributed by atoms with Gasteiger partial charge in [0, 0.05) is 17.5 Å². The molecule has 0 aliphatic carbocycles. The predicted octanol–water partition coefficient (Wildman–Crippen LogP) is 4.21. The van der Waals surface area contributed by atoms with Gasteiger partial charge >= 0.3 is 0 Å². The van der Waals surface area contributed by atoms with Crippen molar-refractivity contribution in [1.82, 2.24) is 9.88 Å². The number of likely N-dealkylation sites (N-methyl/N-ethyl adjacent to an activating group) is 1. The fourth-order valence-electron chi connectivity index (χ4n) is 3.61. The number of hydrogen-bond acceptors (Lipinski definition) is 8. The van der Waals surface area contributed by atoms with Crippen molar-refractivity contribution in [2.75, 3.05) is 32.8 Å². The van der Waals surface area contributed by atoms with E-state index in [9.17, 15) is 0 Å². The molecule has 0 saturated carbocycles. The molecule has 6 nitrogen and oxygen atoms in total. The summed E-state index contributed by atoms with van der Waals surface area (Å²) in [6, 6.07) is 6.22. The molecule has 2 aliphatic heterocycles. The maximum atomic E-state index is 5.75. The molecule has 1 N–H and O–H groups in total. The van der Waals surface area contributed by atoms with Crippen LogP contribution in [0.2, 0.25) is 0 Å². The number of anilines is 1. The first-order valence-electron chi connectivity index (χ1n) is 8.70. The van der Waals surface area contributed by atoms with Crippen molar-refractivity contribution in [3.63, 3.8) is 0 Å². The van der Waals surface area contributed by atoms with Gasteiger partial charge in [-0.25, -0.2) is 4.98 Å². The molecule has 27 heavy (non-hydrogen) atoms. The molecular formula is C19H19N3O3S2.